The van der Waals surface area contributed by atoms with E-state index in [0.29, 0.717) is 0 Å². The molecule has 0 aliphatic carbocycles. The summed E-state index contributed by atoms with van der Waals surface area (Å²) in [5.41, 5.74) is -0.203. The van der Waals surface area contributed by atoms with E-state index in [1.165, 1.54) is 23.9 Å². The van der Waals surface area contributed by atoms with Crippen LogP contribution < -0.4 is 10.3 Å². The number of pyridine rings is 1. The van der Waals surface area contributed by atoms with E-state index in [-0.39, 0.29) is 23.5 Å². The summed E-state index contributed by atoms with van der Waals surface area (Å²) in [6.45, 7) is 1.96. The Bertz CT molecular complexity index is 422. The molecule has 1 rings (SSSR count). The summed E-state index contributed by atoms with van der Waals surface area (Å²) >= 11 is 0. The Hall–Kier alpha value is -1.78. The van der Waals surface area contributed by atoms with Gasteiger partial charge in [0.05, 0.1) is 13.7 Å². The SMILES string of the molecule is CCOC(=O)c1ccn(C)c(=O)c1OC. The number of ether oxygens (including phenoxy) is 2. The first kappa shape index (κ1) is 11.3. The zero-order valence-corrected chi connectivity index (χ0v) is 8.94. The van der Waals surface area contributed by atoms with Gasteiger partial charge in [-0.15, -0.1) is 0 Å². The average Bonchev–Trinajstić information content (AvgIpc) is 2.22. The van der Waals surface area contributed by atoms with Gasteiger partial charge in [-0.3, -0.25) is 4.79 Å². The molecule has 0 saturated heterocycles. The molecular weight excluding hydrogens is 198 g/mol. The van der Waals surface area contributed by atoms with E-state index < -0.39 is 5.97 Å². The minimum atomic E-state index is -0.549. The van der Waals surface area contributed by atoms with Gasteiger partial charge in [-0.1, -0.05) is 0 Å². The van der Waals surface area contributed by atoms with Crippen molar-refractivity contribution in [3.63, 3.8) is 0 Å². The molecule has 0 bridgehead atoms. The van der Waals surface area contributed by atoms with Gasteiger partial charge in [0.25, 0.3) is 5.56 Å². The fraction of sp³-hybridized carbons (Fsp3) is 0.400. The monoisotopic (exact) mass is 211 g/mol. The van der Waals surface area contributed by atoms with Crippen molar-refractivity contribution in [2.75, 3.05) is 13.7 Å². The summed E-state index contributed by atoms with van der Waals surface area (Å²) in [6, 6.07) is 1.50. The highest BCUT2D eigenvalue weighted by Crippen LogP contribution is 2.12. The molecule has 0 amide bonds. The lowest BCUT2D eigenvalue weighted by molar-refractivity contribution is 0.0522. The molecule has 0 N–H and O–H groups in total. The highest BCUT2D eigenvalue weighted by atomic mass is 16.5. The number of methoxy groups -OCH3 is 1. The lowest BCUT2D eigenvalue weighted by atomic mass is 10.2. The number of aryl methyl sites for hydroxylation is 1. The van der Waals surface area contributed by atoms with E-state index in [4.69, 9.17) is 9.47 Å². The largest absolute Gasteiger partial charge is 0.490 e. The first-order valence-corrected chi connectivity index (χ1v) is 4.52. The van der Waals surface area contributed by atoms with Gasteiger partial charge in [0.2, 0.25) is 0 Å². The van der Waals surface area contributed by atoms with E-state index in [1.54, 1.807) is 14.0 Å². The van der Waals surface area contributed by atoms with Crippen LogP contribution in [0, 0.1) is 0 Å². The van der Waals surface area contributed by atoms with Gasteiger partial charge >= 0.3 is 5.97 Å². The fourth-order valence-electron chi connectivity index (χ4n) is 1.17. The highest BCUT2D eigenvalue weighted by molar-refractivity contribution is 5.92. The summed E-state index contributed by atoms with van der Waals surface area (Å²) < 4.78 is 11.0. The number of carbonyl (C=O) groups excluding carboxylic acids is 1. The maximum atomic E-state index is 11.6. The van der Waals surface area contributed by atoms with Crippen LogP contribution in [0.1, 0.15) is 17.3 Å². The Kier molecular flexibility index (Phi) is 3.49. The zero-order valence-electron chi connectivity index (χ0n) is 8.94. The van der Waals surface area contributed by atoms with E-state index in [1.807, 2.05) is 0 Å². The molecule has 15 heavy (non-hydrogen) atoms. The van der Waals surface area contributed by atoms with Crippen LogP contribution in [0.15, 0.2) is 17.1 Å². The van der Waals surface area contributed by atoms with Crippen LogP contribution in [0.25, 0.3) is 0 Å². The van der Waals surface area contributed by atoms with Crippen LogP contribution in [0.5, 0.6) is 5.75 Å². The zero-order chi connectivity index (χ0) is 11.4. The maximum Gasteiger partial charge on any atom is 0.342 e. The average molecular weight is 211 g/mol. The van der Waals surface area contributed by atoms with Crippen molar-refractivity contribution in [2.45, 2.75) is 6.92 Å². The van der Waals surface area contributed by atoms with Gasteiger partial charge in [-0.25, -0.2) is 4.79 Å². The summed E-state index contributed by atoms with van der Waals surface area (Å²) in [5.74, 6) is -0.537. The molecule has 5 heteroatoms. The van der Waals surface area contributed by atoms with Gasteiger partial charge in [0.15, 0.2) is 5.75 Å². The Morgan fingerprint density at radius 3 is 2.73 bits per heavy atom. The second kappa shape index (κ2) is 4.63. The summed E-state index contributed by atoms with van der Waals surface area (Å²) in [7, 11) is 2.93. The molecule has 0 spiro atoms. The normalized spacial score (nSPS) is 9.80. The molecule has 0 unspecified atom stereocenters. The molecule has 1 heterocycles. The second-order valence-corrected chi connectivity index (χ2v) is 2.90. The standard InChI is InChI=1S/C10H13NO4/c1-4-15-10(13)7-5-6-11(2)9(12)8(7)14-3/h5-6H,4H2,1-3H3. The fourth-order valence-corrected chi connectivity index (χ4v) is 1.17. The van der Waals surface area contributed by atoms with Crippen LogP contribution in [0.3, 0.4) is 0 Å². The smallest absolute Gasteiger partial charge is 0.342 e. The molecule has 0 aliphatic rings. The Morgan fingerprint density at radius 1 is 1.53 bits per heavy atom. The van der Waals surface area contributed by atoms with Crippen LogP contribution in [0.4, 0.5) is 0 Å². The van der Waals surface area contributed by atoms with Crippen LogP contribution in [0.2, 0.25) is 0 Å². The summed E-state index contributed by atoms with van der Waals surface area (Å²) in [4.78, 5) is 23.0. The van der Waals surface area contributed by atoms with Crippen molar-refractivity contribution in [3.05, 3.63) is 28.2 Å². The van der Waals surface area contributed by atoms with Gasteiger partial charge in [0.1, 0.15) is 5.56 Å². The summed E-state index contributed by atoms with van der Waals surface area (Å²) in [5, 5.41) is 0. The van der Waals surface area contributed by atoms with Gasteiger partial charge in [-0.05, 0) is 13.0 Å². The number of hydrogen-bond donors (Lipinski definition) is 0. The first-order chi connectivity index (χ1) is 7.11. The third kappa shape index (κ3) is 2.18. The highest BCUT2D eigenvalue weighted by Gasteiger charge is 2.16. The van der Waals surface area contributed by atoms with Gasteiger partial charge in [-0.2, -0.15) is 0 Å². The van der Waals surface area contributed by atoms with Gasteiger partial charge in [0, 0.05) is 13.2 Å². The maximum absolute atomic E-state index is 11.6. The third-order valence-electron chi connectivity index (χ3n) is 1.92. The van der Waals surface area contributed by atoms with Crippen molar-refractivity contribution < 1.29 is 14.3 Å². The van der Waals surface area contributed by atoms with E-state index in [2.05, 4.69) is 0 Å². The molecular formula is C10H13NO4. The Balaban J connectivity index is 3.25. The lowest BCUT2D eigenvalue weighted by Gasteiger charge is -2.08. The molecule has 0 radical (unpaired) electrons. The first-order valence-electron chi connectivity index (χ1n) is 4.52. The minimum absolute atomic E-state index is 0.0125. The quantitative estimate of drug-likeness (QED) is 0.686. The number of hydrogen-bond acceptors (Lipinski definition) is 4. The van der Waals surface area contributed by atoms with E-state index >= 15 is 0 Å². The summed E-state index contributed by atoms with van der Waals surface area (Å²) in [6.07, 6.45) is 1.50. The number of aromatic nitrogens is 1. The predicted octanol–water partition coefficient (Wildman–Crippen LogP) is 0.571. The molecule has 82 valence electrons. The Labute approximate surface area is 87.2 Å². The molecule has 0 atom stereocenters. The van der Waals surface area contributed by atoms with E-state index in [0.717, 1.165) is 0 Å². The third-order valence-corrected chi connectivity index (χ3v) is 1.92. The molecule has 0 aromatic carbocycles. The van der Waals surface area contributed by atoms with Crippen LogP contribution >= 0.6 is 0 Å². The molecule has 1 aromatic heterocycles. The predicted molar refractivity (Wildman–Crippen MR) is 54.2 cm³/mol. The molecule has 1 aromatic rings. The van der Waals surface area contributed by atoms with Crippen molar-refractivity contribution in [1.82, 2.24) is 4.57 Å². The number of nitrogens with zero attached hydrogens (tertiary/aromatic N) is 1. The van der Waals surface area contributed by atoms with Crippen molar-refractivity contribution >= 4 is 5.97 Å². The molecule has 5 nitrogen and oxygen atoms in total. The Morgan fingerprint density at radius 2 is 2.20 bits per heavy atom. The van der Waals surface area contributed by atoms with Crippen LogP contribution in [-0.4, -0.2) is 24.3 Å². The number of esters is 1. The second-order valence-electron chi connectivity index (χ2n) is 2.90. The minimum Gasteiger partial charge on any atom is -0.490 e. The van der Waals surface area contributed by atoms with Gasteiger partial charge < -0.3 is 14.0 Å². The number of rotatable bonds is 3. The van der Waals surface area contributed by atoms with Crippen molar-refractivity contribution in [1.29, 1.82) is 0 Å². The lowest BCUT2D eigenvalue weighted by Crippen LogP contribution is -2.21. The molecule has 0 fully saturated rings. The topological polar surface area (TPSA) is 57.5 Å². The van der Waals surface area contributed by atoms with E-state index in [9.17, 15) is 9.59 Å². The number of carbonyl (C=O) groups is 1. The van der Waals surface area contributed by atoms with Crippen molar-refractivity contribution in [2.24, 2.45) is 7.05 Å². The van der Waals surface area contributed by atoms with Crippen molar-refractivity contribution in [3.8, 4) is 5.75 Å². The van der Waals surface area contributed by atoms with Crippen LogP contribution in [-0.2, 0) is 11.8 Å². The molecule has 0 saturated carbocycles. The molecule has 0 aliphatic heterocycles.